The summed E-state index contributed by atoms with van der Waals surface area (Å²) in [5.41, 5.74) is 1.51. The first-order valence-corrected chi connectivity index (χ1v) is 9.10. The van der Waals surface area contributed by atoms with Gasteiger partial charge in [-0.25, -0.2) is 4.39 Å². The Morgan fingerprint density at radius 3 is 2.59 bits per heavy atom. The number of nitrogens with zero attached hydrogens (tertiary/aromatic N) is 1. The molecule has 0 spiro atoms. The van der Waals surface area contributed by atoms with E-state index in [4.69, 9.17) is 16.7 Å². The highest BCUT2D eigenvalue weighted by atomic mass is 35.5. The van der Waals surface area contributed by atoms with Crippen LogP contribution in [0, 0.1) is 11.7 Å². The zero-order chi connectivity index (χ0) is 19.4. The molecule has 2 aromatic rings. The Balaban J connectivity index is 1.62. The van der Waals surface area contributed by atoms with Crippen molar-refractivity contribution in [2.75, 3.05) is 18.4 Å². The van der Waals surface area contributed by atoms with Gasteiger partial charge in [0.1, 0.15) is 5.82 Å². The summed E-state index contributed by atoms with van der Waals surface area (Å²) in [4.78, 5) is 25.5. The smallest absolute Gasteiger partial charge is 0.306 e. The van der Waals surface area contributed by atoms with Gasteiger partial charge in [0.2, 0.25) is 0 Å². The maximum atomic E-state index is 13.9. The van der Waals surface area contributed by atoms with Crippen molar-refractivity contribution in [3.05, 3.63) is 64.4 Å². The van der Waals surface area contributed by atoms with E-state index < -0.39 is 17.7 Å². The number of rotatable bonds is 5. The third kappa shape index (κ3) is 5.05. The van der Waals surface area contributed by atoms with Crippen molar-refractivity contribution in [1.29, 1.82) is 0 Å². The maximum Gasteiger partial charge on any atom is 0.306 e. The van der Waals surface area contributed by atoms with Crippen LogP contribution in [0.4, 0.5) is 10.1 Å². The number of anilines is 1. The summed E-state index contributed by atoms with van der Waals surface area (Å²) in [6.07, 6.45) is 1.28. The Labute approximate surface area is 161 Å². The number of carboxylic acids is 1. The lowest BCUT2D eigenvalue weighted by Crippen LogP contribution is -2.35. The van der Waals surface area contributed by atoms with Crippen molar-refractivity contribution >= 4 is 29.2 Å². The summed E-state index contributed by atoms with van der Waals surface area (Å²) < 4.78 is 13.9. The van der Waals surface area contributed by atoms with Crippen molar-refractivity contribution in [3.63, 3.8) is 0 Å². The number of carboxylic acid groups (broad SMARTS) is 1. The topological polar surface area (TPSA) is 69.6 Å². The molecular weight excluding hydrogens is 371 g/mol. The first-order valence-electron chi connectivity index (χ1n) is 8.73. The van der Waals surface area contributed by atoms with Crippen LogP contribution in [0.25, 0.3) is 0 Å². The fourth-order valence-electron chi connectivity index (χ4n) is 3.22. The van der Waals surface area contributed by atoms with E-state index in [1.54, 1.807) is 6.07 Å². The monoisotopic (exact) mass is 390 g/mol. The Bertz CT molecular complexity index is 851. The summed E-state index contributed by atoms with van der Waals surface area (Å²) in [6, 6.07) is 11.3. The minimum absolute atomic E-state index is 0.0689. The van der Waals surface area contributed by atoms with Gasteiger partial charge in [-0.15, -0.1) is 0 Å². The Kier molecular flexibility index (Phi) is 6.08. The molecule has 0 bridgehead atoms. The van der Waals surface area contributed by atoms with Crippen LogP contribution in [-0.2, 0) is 11.3 Å². The zero-order valence-corrected chi connectivity index (χ0v) is 15.4. The van der Waals surface area contributed by atoms with E-state index in [0.717, 1.165) is 24.7 Å². The Morgan fingerprint density at radius 1 is 1.19 bits per heavy atom. The van der Waals surface area contributed by atoms with Crippen molar-refractivity contribution in [2.24, 2.45) is 5.92 Å². The molecule has 0 aromatic heterocycles. The molecule has 27 heavy (non-hydrogen) atoms. The number of carbonyl (C=O) groups excluding carboxylic acids is 1. The highest BCUT2D eigenvalue weighted by molar-refractivity contribution is 6.30. The number of halogens is 2. The summed E-state index contributed by atoms with van der Waals surface area (Å²) >= 11 is 5.71. The van der Waals surface area contributed by atoms with Gasteiger partial charge in [0.05, 0.1) is 11.5 Å². The van der Waals surface area contributed by atoms with Crippen LogP contribution in [0.5, 0.6) is 0 Å². The number of benzene rings is 2. The van der Waals surface area contributed by atoms with Crippen LogP contribution >= 0.6 is 11.6 Å². The van der Waals surface area contributed by atoms with E-state index in [-0.39, 0.29) is 16.5 Å². The second-order valence-corrected chi connectivity index (χ2v) is 7.10. The van der Waals surface area contributed by atoms with Crippen molar-refractivity contribution in [3.8, 4) is 0 Å². The molecule has 3 rings (SSSR count). The fourth-order valence-corrected chi connectivity index (χ4v) is 3.37. The SMILES string of the molecule is O=C(Nc1cccc(CN2CCC(C(=O)O)CC2)c1)c1ccc(Cl)cc1F. The van der Waals surface area contributed by atoms with Crippen LogP contribution in [0.15, 0.2) is 42.5 Å². The number of piperidine rings is 1. The van der Waals surface area contributed by atoms with Crippen molar-refractivity contribution < 1.29 is 19.1 Å². The number of likely N-dealkylation sites (tertiary alicyclic amines) is 1. The average Bonchev–Trinajstić information content (AvgIpc) is 2.62. The van der Waals surface area contributed by atoms with Gasteiger partial charge in [-0.2, -0.15) is 0 Å². The second-order valence-electron chi connectivity index (χ2n) is 6.67. The minimum Gasteiger partial charge on any atom is -0.481 e. The van der Waals surface area contributed by atoms with Crippen molar-refractivity contribution in [1.82, 2.24) is 4.90 Å². The van der Waals surface area contributed by atoms with Gasteiger partial charge in [-0.1, -0.05) is 23.7 Å². The minimum atomic E-state index is -0.728. The number of aliphatic carboxylic acids is 1. The largest absolute Gasteiger partial charge is 0.481 e. The molecule has 1 heterocycles. The number of amides is 1. The Hall–Kier alpha value is -2.44. The molecule has 0 radical (unpaired) electrons. The highest BCUT2D eigenvalue weighted by Gasteiger charge is 2.24. The van der Waals surface area contributed by atoms with E-state index in [0.29, 0.717) is 25.1 Å². The third-order valence-electron chi connectivity index (χ3n) is 4.70. The molecule has 2 aromatic carbocycles. The lowest BCUT2D eigenvalue weighted by molar-refractivity contribution is -0.143. The lowest BCUT2D eigenvalue weighted by atomic mass is 9.97. The van der Waals surface area contributed by atoms with Crippen LogP contribution in [0.3, 0.4) is 0 Å². The van der Waals surface area contributed by atoms with Crippen molar-refractivity contribution in [2.45, 2.75) is 19.4 Å². The first kappa shape index (κ1) is 19.3. The molecule has 5 nitrogen and oxygen atoms in total. The van der Waals surface area contributed by atoms with Gasteiger partial charge >= 0.3 is 5.97 Å². The number of hydrogen-bond donors (Lipinski definition) is 2. The molecule has 0 aliphatic carbocycles. The molecule has 2 N–H and O–H groups in total. The molecule has 1 aliphatic rings. The summed E-state index contributed by atoms with van der Waals surface area (Å²) in [5.74, 6) is -2.20. The standard InChI is InChI=1S/C20H20ClFN2O3/c21-15-4-5-17(18(22)11-15)19(25)23-16-3-1-2-13(10-16)12-24-8-6-14(7-9-24)20(26)27/h1-5,10-11,14H,6-9,12H2,(H,23,25)(H,26,27). The van der Waals surface area contributed by atoms with E-state index >= 15 is 0 Å². The van der Waals surface area contributed by atoms with Gasteiger partial charge in [0, 0.05) is 17.3 Å². The summed E-state index contributed by atoms with van der Waals surface area (Å²) in [5, 5.41) is 12.0. The number of hydrogen-bond acceptors (Lipinski definition) is 3. The van der Waals surface area contributed by atoms with Gasteiger partial charge in [0.25, 0.3) is 5.91 Å². The molecule has 1 fully saturated rings. The highest BCUT2D eigenvalue weighted by Crippen LogP contribution is 2.21. The van der Waals surface area contributed by atoms with E-state index in [2.05, 4.69) is 10.2 Å². The molecule has 142 valence electrons. The fraction of sp³-hybridized carbons (Fsp3) is 0.300. The number of nitrogens with one attached hydrogen (secondary N) is 1. The van der Waals surface area contributed by atoms with E-state index in [1.807, 2.05) is 18.2 Å². The van der Waals surface area contributed by atoms with E-state index in [1.165, 1.54) is 12.1 Å². The normalized spacial score (nSPS) is 15.5. The van der Waals surface area contributed by atoms with Gasteiger partial charge < -0.3 is 10.4 Å². The summed E-state index contributed by atoms with van der Waals surface area (Å²) in [6.45, 7) is 2.12. The number of carbonyl (C=O) groups is 2. The molecule has 1 saturated heterocycles. The molecule has 0 unspecified atom stereocenters. The van der Waals surface area contributed by atoms with Crippen LogP contribution in [-0.4, -0.2) is 35.0 Å². The average molecular weight is 391 g/mol. The lowest BCUT2D eigenvalue weighted by Gasteiger charge is -2.30. The first-order chi connectivity index (χ1) is 12.9. The zero-order valence-electron chi connectivity index (χ0n) is 14.6. The third-order valence-corrected chi connectivity index (χ3v) is 4.94. The maximum absolute atomic E-state index is 13.9. The van der Waals surface area contributed by atoms with Crippen LogP contribution < -0.4 is 5.32 Å². The predicted molar refractivity (Wildman–Crippen MR) is 101 cm³/mol. The second kappa shape index (κ2) is 8.50. The Morgan fingerprint density at radius 2 is 1.93 bits per heavy atom. The quantitative estimate of drug-likeness (QED) is 0.808. The van der Waals surface area contributed by atoms with Gasteiger partial charge in [-0.05, 0) is 61.8 Å². The molecule has 0 saturated carbocycles. The molecular formula is C20H20ClFN2O3. The van der Waals surface area contributed by atoms with Gasteiger partial charge in [-0.3, -0.25) is 14.5 Å². The van der Waals surface area contributed by atoms with E-state index in [9.17, 15) is 14.0 Å². The predicted octanol–water partition coefficient (Wildman–Crippen LogP) is 4.03. The van der Waals surface area contributed by atoms with Crippen LogP contribution in [0.2, 0.25) is 5.02 Å². The molecule has 0 atom stereocenters. The molecule has 1 amide bonds. The molecule has 1 aliphatic heterocycles. The van der Waals surface area contributed by atoms with Crippen LogP contribution in [0.1, 0.15) is 28.8 Å². The van der Waals surface area contributed by atoms with Gasteiger partial charge in [0.15, 0.2) is 0 Å². The molecule has 7 heteroatoms. The summed E-state index contributed by atoms with van der Waals surface area (Å²) in [7, 11) is 0.